The van der Waals surface area contributed by atoms with E-state index in [1.807, 2.05) is 12.1 Å². The van der Waals surface area contributed by atoms with Gasteiger partial charge in [0.2, 0.25) is 0 Å². The number of aromatic amines is 1. The fourth-order valence-corrected chi connectivity index (χ4v) is 2.57. The first-order chi connectivity index (χ1) is 8.84. The van der Waals surface area contributed by atoms with Gasteiger partial charge in [-0.1, -0.05) is 12.1 Å². The molecule has 4 heteroatoms. The third-order valence-electron chi connectivity index (χ3n) is 3.59. The van der Waals surface area contributed by atoms with Crippen molar-refractivity contribution in [3.63, 3.8) is 0 Å². The van der Waals surface area contributed by atoms with E-state index < -0.39 is 0 Å². The van der Waals surface area contributed by atoms with Gasteiger partial charge in [0.1, 0.15) is 0 Å². The number of hydrogen-bond donors (Lipinski definition) is 2. The molecule has 0 bridgehead atoms. The Morgan fingerprint density at radius 2 is 2.06 bits per heavy atom. The van der Waals surface area contributed by atoms with Crippen LogP contribution in [0.4, 0.5) is 0 Å². The van der Waals surface area contributed by atoms with Crippen LogP contribution in [0, 0.1) is 0 Å². The summed E-state index contributed by atoms with van der Waals surface area (Å²) in [6, 6.07) is 8.29. The van der Waals surface area contributed by atoms with Gasteiger partial charge in [0, 0.05) is 18.9 Å². The van der Waals surface area contributed by atoms with Crippen molar-refractivity contribution in [1.82, 2.24) is 14.9 Å². The summed E-state index contributed by atoms with van der Waals surface area (Å²) in [5, 5.41) is 3.42. The number of rotatable bonds is 2. The fourth-order valence-electron chi connectivity index (χ4n) is 2.57. The zero-order valence-electron chi connectivity index (χ0n) is 10.2. The summed E-state index contributed by atoms with van der Waals surface area (Å²) in [5.74, 6) is 0.607. The van der Waals surface area contributed by atoms with Crippen LogP contribution in [0.5, 0.6) is 0 Å². The van der Waals surface area contributed by atoms with Crippen LogP contribution in [0.1, 0.15) is 24.3 Å². The summed E-state index contributed by atoms with van der Waals surface area (Å²) >= 11 is 0. The van der Waals surface area contributed by atoms with Crippen molar-refractivity contribution < 1.29 is 0 Å². The maximum Gasteiger partial charge on any atom is 0.330 e. The molecule has 1 unspecified atom stereocenters. The summed E-state index contributed by atoms with van der Waals surface area (Å²) in [7, 11) is 0. The van der Waals surface area contributed by atoms with Crippen LogP contribution in [0.25, 0.3) is 5.69 Å². The van der Waals surface area contributed by atoms with Gasteiger partial charge >= 0.3 is 5.69 Å². The number of imidazole rings is 1. The van der Waals surface area contributed by atoms with Gasteiger partial charge in [0.15, 0.2) is 0 Å². The summed E-state index contributed by atoms with van der Waals surface area (Å²) in [5.41, 5.74) is 2.17. The van der Waals surface area contributed by atoms with E-state index in [9.17, 15) is 4.79 Å². The predicted octanol–water partition coefficient (Wildman–Crippen LogP) is 1.63. The number of benzene rings is 1. The van der Waals surface area contributed by atoms with Gasteiger partial charge in [-0.3, -0.25) is 4.57 Å². The van der Waals surface area contributed by atoms with Crippen molar-refractivity contribution in [3.8, 4) is 5.69 Å². The van der Waals surface area contributed by atoms with Crippen molar-refractivity contribution >= 4 is 0 Å². The highest BCUT2D eigenvalue weighted by molar-refractivity contribution is 5.36. The molecule has 2 aromatic rings. The van der Waals surface area contributed by atoms with Crippen molar-refractivity contribution in [2.75, 3.05) is 13.1 Å². The lowest BCUT2D eigenvalue weighted by atomic mass is 9.92. The molecule has 94 valence electrons. The first kappa shape index (κ1) is 11.3. The van der Waals surface area contributed by atoms with Crippen LogP contribution in [-0.4, -0.2) is 22.6 Å². The summed E-state index contributed by atoms with van der Waals surface area (Å²) in [4.78, 5) is 14.1. The average Bonchev–Trinajstić information content (AvgIpc) is 2.86. The molecule has 1 atom stereocenters. The Bertz CT molecular complexity index is 561. The largest absolute Gasteiger partial charge is 0.330 e. The minimum atomic E-state index is -0.0953. The molecule has 1 aliphatic rings. The highest BCUT2D eigenvalue weighted by Gasteiger charge is 2.14. The second-order valence-corrected chi connectivity index (χ2v) is 4.77. The third-order valence-corrected chi connectivity index (χ3v) is 3.59. The van der Waals surface area contributed by atoms with E-state index in [1.54, 1.807) is 17.0 Å². The van der Waals surface area contributed by atoms with Gasteiger partial charge in [-0.25, -0.2) is 4.79 Å². The molecule has 18 heavy (non-hydrogen) atoms. The zero-order chi connectivity index (χ0) is 12.4. The summed E-state index contributed by atoms with van der Waals surface area (Å²) < 4.78 is 1.61. The Balaban J connectivity index is 1.85. The Morgan fingerprint density at radius 1 is 1.22 bits per heavy atom. The van der Waals surface area contributed by atoms with Crippen LogP contribution >= 0.6 is 0 Å². The molecule has 1 fully saturated rings. The average molecular weight is 243 g/mol. The lowest BCUT2D eigenvalue weighted by Crippen LogP contribution is -2.28. The van der Waals surface area contributed by atoms with Gasteiger partial charge in [-0.05, 0) is 43.0 Å². The molecule has 4 nitrogen and oxygen atoms in total. The number of aromatic nitrogens is 2. The van der Waals surface area contributed by atoms with Crippen molar-refractivity contribution in [1.29, 1.82) is 0 Å². The molecule has 1 aromatic carbocycles. The van der Waals surface area contributed by atoms with Crippen LogP contribution in [0.2, 0.25) is 0 Å². The minimum Gasteiger partial charge on any atom is -0.316 e. The Morgan fingerprint density at radius 3 is 2.67 bits per heavy atom. The van der Waals surface area contributed by atoms with Gasteiger partial charge in [0.25, 0.3) is 0 Å². The van der Waals surface area contributed by atoms with E-state index in [0.717, 1.165) is 18.8 Å². The van der Waals surface area contributed by atoms with E-state index in [0.29, 0.717) is 5.92 Å². The molecule has 0 amide bonds. The SMILES string of the molecule is O=c1[nH]ccn1-c1ccc(C2CCCNC2)cc1. The third kappa shape index (κ3) is 2.11. The van der Waals surface area contributed by atoms with Crippen LogP contribution in [-0.2, 0) is 0 Å². The molecular formula is C14H17N3O. The molecule has 1 saturated heterocycles. The van der Waals surface area contributed by atoms with Gasteiger partial charge < -0.3 is 10.3 Å². The van der Waals surface area contributed by atoms with E-state index in [1.165, 1.54) is 18.4 Å². The Hall–Kier alpha value is -1.81. The van der Waals surface area contributed by atoms with Crippen molar-refractivity contribution in [3.05, 3.63) is 52.7 Å². The Kier molecular flexibility index (Phi) is 3.02. The van der Waals surface area contributed by atoms with Crippen LogP contribution in [0.3, 0.4) is 0 Å². The molecule has 2 N–H and O–H groups in total. The maximum absolute atomic E-state index is 11.5. The highest BCUT2D eigenvalue weighted by atomic mass is 16.1. The van der Waals surface area contributed by atoms with Crippen LogP contribution in [0.15, 0.2) is 41.5 Å². The molecular weight excluding hydrogens is 226 g/mol. The van der Waals surface area contributed by atoms with Crippen molar-refractivity contribution in [2.24, 2.45) is 0 Å². The predicted molar refractivity (Wildman–Crippen MR) is 71.2 cm³/mol. The molecule has 3 rings (SSSR count). The van der Waals surface area contributed by atoms with E-state index in [4.69, 9.17) is 0 Å². The first-order valence-corrected chi connectivity index (χ1v) is 6.42. The molecule has 0 spiro atoms. The monoisotopic (exact) mass is 243 g/mol. The molecule has 1 aliphatic heterocycles. The zero-order valence-corrected chi connectivity index (χ0v) is 10.2. The fraction of sp³-hybridized carbons (Fsp3) is 0.357. The molecule has 2 heterocycles. The van der Waals surface area contributed by atoms with Crippen LogP contribution < -0.4 is 11.0 Å². The van der Waals surface area contributed by atoms with Gasteiger partial charge in [0.05, 0.1) is 5.69 Å². The van der Waals surface area contributed by atoms with Crippen molar-refractivity contribution in [2.45, 2.75) is 18.8 Å². The minimum absolute atomic E-state index is 0.0953. The number of piperidine rings is 1. The number of hydrogen-bond acceptors (Lipinski definition) is 2. The second-order valence-electron chi connectivity index (χ2n) is 4.77. The Labute approximate surface area is 106 Å². The van der Waals surface area contributed by atoms with E-state index >= 15 is 0 Å². The van der Waals surface area contributed by atoms with E-state index in [-0.39, 0.29) is 5.69 Å². The summed E-state index contributed by atoms with van der Waals surface area (Å²) in [6.45, 7) is 2.19. The summed E-state index contributed by atoms with van der Waals surface area (Å²) in [6.07, 6.45) is 5.89. The van der Waals surface area contributed by atoms with E-state index in [2.05, 4.69) is 22.4 Å². The molecule has 0 saturated carbocycles. The maximum atomic E-state index is 11.5. The number of nitrogens with zero attached hydrogens (tertiary/aromatic N) is 1. The number of H-pyrrole nitrogens is 1. The smallest absolute Gasteiger partial charge is 0.316 e. The topological polar surface area (TPSA) is 49.8 Å². The first-order valence-electron chi connectivity index (χ1n) is 6.42. The normalized spacial score (nSPS) is 19.9. The lowest BCUT2D eigenvalue weighted by Gasteiger charge is -2.23. The van der Waals surface area contributed by atoms with Gasteiger partial charge in [-0.2, -0.15) is 0 Å². The standard InChI is InChI=1S/C14H17N3O/c18-14-16-8-9-17(14)13-5-3-11(4-6-13)12-2-1-7-15-10-12/h3-6,8-9,12,15H,1-2,7,10H2,(H,16,18). The quantitative estimate of drug-likeness (QED) is 0.842. The lowest BCUT2D eigenvalue weighted by molar-refractivity contribution is 0.461. The highest BCUT2D eigenvalue weighted by Crippen LogP contribution is 2.23. The van der Waals surface area contributed by atoms with Gasteiger partial charge in [-0.15, -0.1) is 0 Å². The molecule has 0 aliphatic carbocycles. The molecule has 0 radical (unpaired) electrons. The number of nitrogens with one attached hydrogen (secondary N) is 2. The molecule has 1 aromatic heterocycles. The second kappa shape index (κ2) is 4.82.